The minimum atomic E-state index is -0.153. The third-order valence-electron chi connectivity index (χ3n) is 5.54. The highest BCUT2D eigenvalue weighted by Gasteiger charge is 2.28. The van der Waals surface area contributed by atoms with Gasteiger partial charge in [-0.15, -0.1) is 0 Å². The normalized spacial score (nSPS) is 14.3. The minimum absolute atomic E-state index is 0.0770. The largest absolute Gasteiger partial charge is 0.469 e. The molecule has 1 aliphatic heterocycles. The van der Waals surface area contributed by atoms with E-state index in [4.69, 9.17) is 10.5 Å². The molecular formula is C23H26N6O2. The van der Waals surface area contributed by atoms with Crippen LogP contribution in [0.1, 0.15) is 18.4 Å². The van der Waals surface area contributed by atoms with Crippen molar-refractivity contribution >= 4 is 29.1 Å². The fraction of sp³-hybridized carbons (Fsp3) is 0.304. The smallest absolute Gasteiger partial charge is 0.308 e. The second kappa shape index (κ2) is 9.42. The number of carbonyl (C=O) groups excluding carboxylic acids is 1. The molecule has 0 unspecified atom stereocenters. The lowest BCUT2D eigenvalue weighted by Crippen LogP contribution is -2.37. The monoisotopic (exact) mass is 418 g/mol. The van der Waals surface area contributed by atoms with Crippen LogP contribution in [0.15, 0.2) is 61.1 Å². The Morgan fingerprint density at radius 3 is 2.52 bits per heavy atom. The molecule has 0 aliphatic carbocycles. The molecule has 8 heteroatoms. The molecule has 1 aromatic carbocycles. The molecule has 0 radical (unpaired) electrons. The number of nitrogens with zero attached hydrogens (tertiary/aromatic N) is 5. The molecule has 160 valence electrons. The Balaban J connectivity index is 1.63. The van der Waals surface area contributed by atoms with Gasteiger partial charge >= 0.3 is 5.97 Å². The average Bonchev–Trinajstić information content (AvgIpc) is 2.84. The number of aromatic nitrogens is 3. The minimum Gasteiger partial charge on any atom is -0.469 e. The molecule has 31 heavy (non-hydrogen) atoms. The van der Waals surface area contributed by atoms with Crippen molar-refractivity contribution in [3.05, 3.63) is 66.6 Å². The van der Waals surface area contributed by atoms with Gasteiger partial charge in [0, 0.05) is 19.3 Å². The first-order valence-corrected chi connectivity index (χ1v) is 10.3. The number of nitrogen functional groups attached to an aromatic ring is 1. The van der Waals surface area contributed by atoms with Gasteiger partial charge in [0.2, 0.25) is 0 Å². The molecule has 2 aromatic heterocycles. The maximum atomic E-state index is 11.8. The van der Waals surface area contributed by atoms with Gasteiger partial charge in [-0.2, -0.15) is 0 Å². The van der Waals surface area contributed by atoms with Gasteiger partial charge in [0.05, 0.1) is 19.6 Å². The molecule has 0 amide bonds. The summed E-state index contributed by atoms with van der Waals surface area (Å²) in [5.41, 5.74) is 8.22. The zero-order chi connectivity index (χ0) is 21.6. The van der Waals surface area contributed by atoms with Gasteiger partial charge < -0.3 is 20.3 Å². The summed E-state index contributed by atoms with van der Waals surface area (Å²) >= 11 is 0. The number of hydrogen-bond acceptors (Lipinski definition) is 8. The van der Waals surface area contributed by atoms with E-state index in [0.29, 0.717) is 49.8 Å². The standard InChI is InChI=1S/C23H26N6O2/c1-31-23(30)18-10-13-28(14-11-18)21-20(24)22(27-16-26-21)29(19-9-5-6-12-25-19)15-17-7-3-2-4-8-17/h2-9,12,16,18H,10-11,13-15,24H2,1H3. The third kappa shape index (κ3) is 4.58. The van der Waals surface area contributed by atoms with Crippen molar-refractivity contribution in [3.8, 4) is 0 Å². The Labute approximate surface area is 181 Å². The summed E-state index contributed by atoms with van der Waals surface area (Å²) in [7, 11) is 1.43. The molecule has 1 aliphatic rings. The Hall–Kier alpha value is -3.68. The van der Waals surface area contributed by atoms with E-state index in [1.807, 2.05) is 41.3 Å². The van der Waals surface area contributed by atoms with E-state index >= 15 is 0 Å². The number of benzene rings is 1. The molecule has 3 heterocycles. The predicted octanol–water partition coefficient (Wildman–Crippen LogP) is 3.18. The zero-order valence-corrected chi connectivity index (χ0v) is 17.5. The molecule has 3 aromatic rings. The summed E-state index contributed by atoms with van der Waals surface area (Å²) in [6.45, 7) is 1.94. The van der Waals surface area contributed by atoms with Crippen LogP contribution in [0, 0.1) is 5.92 Å². The molecule has 0 spiro atoms. The molecule has 0 bridgehead atoms. The fourth-order valence-electron chi connectivity index (χ4n) is 3.88. The number of piperidine rings is 1. The number of pyridine rings is 1. The summed E-state index contributed by atoms with van der Waals surface area (Å²) in [4.78, 5) is 29.4. The lowest BCUT2D eigenvalue weighted by Gasteiger charge is -2.33. The first-order valence-electron chi connectivity index (χ1n) is 10.3. The Morgan fingerprint density at radius 1 is 1.10 bits per heavy atom. The van der Waals surface area contributed by atoms with Crippen LogP contribution in [-0.4, -0.2) is 41.1 Å². The topological polar surface area (TPSA) is 97.5 Å². The van der Waals surface area contributed by atoms with Crippen LogP contribution in [0.4, 0.5) is 23.1 Å². The first-order chi connectivity index (χ1) is 15.2. The highest BCUT2D eigenvalue weighted by Crippen LogP contribution is 2.35. The second-order valence-electron chi connectivity index (χ2n) is 7.48. The van der Waals surface area contributed by atoms with Gasteiger partial charge in [-0.3, -0.25) is 4.79 Å². The molecule has 0 saturated carbocycles. The van der Waals surface area contributed by atoms with E-state index < -0.39 is 0 Å². The maximum absolute atomic E-state index is 11.8. The van der Waals surface area contributed by atoms with Gasteiger partial charge in [0.15, 0.2) is 11.6 Å². The number of hydrogen-bond donors (Lipinski definition) is 1. The summed E-state index contributed by atoms with van der Waals surface area (Å²) in [5.74, 6) is 1.82. The van der Waals surface area contributed by atoms with Gasteiger partial charge in [-0.05, 0) is 30.5 Å². The van der Waals surface area contributed by atoms with Crippen molar-refractivity contribution in [2.75, 3.05) is 35.7 Å². The van der Waals surface area contributed by atoms with Crippen LogP contribution in [0.2, 0.25) is 0 Å². The molecule has 1 saturated heterocycles. The van der Waals surface area contributed by atoms with Crippen LogP contribution < -0.4 is 15.5 Å². The Bertz CT molecular complexity index is 1010. The summed E-state index contributed by atoms with van der Waals surface area (Å²) in [6, 6.07) is 15.9. The number of anilines is 4. The van der Waals surface area contributed by atoms with E-state index in [0.717, 1.165) is 11.4 Å². The summed E-state index contributed by atoms with van der Waals surface area (Å²) in [6.07, 6.45) is 4.70. The number of esters is 1. The van der Waals surface area contributed by atoms with Crippen LogP contribution in [0.25, 0.3) is 0 Å². The lowest BCUT2D eigenvalue weighted by molar-refractivity contribution is -0.146. The van der Waals surface area contributed by atoms with Gasteiger partial charge in [-0.25, -0.2) is 15.0 Å². The van der Waals surface area contributed by atoms with E-state index in [1.54, 1.807) is 6.20 Å². The molecular weight excluding hydrogens is 392 g/mol. The van der Waals surface area contributed by atoms with Crippen LogP contribution in [0.5, 0.6) is 0 Å². The molecule has 1 fully saturated rings. The molecule has 2 N–H and O–H groups in total. The van der Waals surface area contributed by atoms with Crippen molar-refractivity contribution in [2.45, 2.75) is 19.4 Å². The van der Waals surface area contributed by atoms with Crippen molar-refractivity contribution < 1.29 is 9.53 Å². The van der Waals surface area contributed by atoms with Crippen LogP contribution in [0.3, 0.4) is 0 Å². The molecule has 4 rings (SSSR count). The first kappa shape index (κ1) is 20.6. The molecule has 8 nitrogen and oxygen atoms in total. The van der Waals surface area contributed by atoms with E-state index in [-0.39, 0.29) is 11.9 Å². The second-order valence-corrected chi connectivity index (χ2v) is 7.48. The SMILES string of the molecule is COC(=O)C1CCN(c2ncnc(N(Cc3ccccc3)c3ccccn3)c2N)CC1. The quantitative estimate of drug-likeness (QED) is 0.610. The van der Waals surface area contributed by atoms with Gasteiger partial charge in [0.1, 0.15) is 17.8 Å². The number of methoxy groups -OCH3 is 1. The summed E-state index contributed by atoms with van der Waals surface area (Å²) < 4.78 is 4.89. The van der Waals surface area contributed by atoms with E-state index in [2.05, 4.69) is 32.0 Å². The Morgan fingerprint density at radius 2 is 1.84 bits per heavy atom. The predicted molar refractivity (Wildman–Crippen MR) is 120 cm³/mol. The average molecular weight is 419 g/mol. The van der Waals surface area contributed by atoms with E-state index in [1.165, 1.54) is 13.4 Å². The van der Waals surface area contributed by atoms with Crippen molar-refractivity contribution in [1.82, 2.24) is 15.0 Å². The number of ether oxygens (including phenoxy) is 1. The van der Waals surface area contributed by atoms with Crippen molar-refractivity contribution in [2.24, 2.45) is 5.92 Å². The van der Waals surface area contributed by atoms with Crippen molar-refractivity contribution in [1.29, 1.82) is 0 Å². The van der Waals surface area contributed by atoms with Crippen molar-refractivity contribution in [3.63, 3.8) is 0 Å². The number of carbonyl (C=O) groups is 1. The molecule has 0 atom stereocenters. The van der Waals surface area contributed by atoms with Crippen LogP contribution in [-0.2, 0) is 16.1 Å². The number of rotatable bonds is 6. The zero-order valence-electron chi connectivity index (χ0n) is 17.5. The van der Waals surface area contributed by atoms with Gasteiger partial charge in [0.25, 0.3) is 0 Å². The highest BCUT2D eigenvalue weighted by molar-refractivity contribution is 5.79. The highest BCUT2D eigenvalue weighted by atomic mass is 16.5. The van der Waals surface area contributed by atoms with Gasteiger partial charge in [-0.1, -0.05) is 36.4 Å². The maximum Gasteiger partial charge on any atom is 0.308 e. The Kier molecular flexibility index (Phi) is 6.26. The lowest BCUT2D eigenvalue weighted by atomic mass is 9.97. The summed E-state index contributed by atoms with van der Waals surface area (Å²) in [5, 5.41) is 0. The van der Waals surface area contributed by atoms with Crippen LogP contribution >= 0.6 is 0 Å². The number of nitrogens with two attached hydrogens (primary N) is 1. The third-order valence-corrected chi connectivity index (χ3v) is 5.54. The van der Waals surface area contributed by atoms with E-state index in [9.17, 15) is 4.79 Å². The fourth-order valence-corrected chi connectivity index (χ4v) is 3.88.